The normalized spacial score (nSPS) is 17.5. The van der Waals surface area contributed by atoms with Crippen molar-refractivity contribution in [1.29, 1.82) is 0 Å². The predicted molar refractivity (Wildman–Crippen MR) is 120 cm³/mol. The average molecular weight is 393 g/mol. The van der Waals surface area contributed by atoms with Crippen LogP contribution in [-0.2, 0) is 9.53 Å². The lowest BCUT2D eigenvalue weighted by atomic mass is 10.1. The van der Waals surface area contributed by atoms with Crippen molar-refractivity contribution in [3.05, 3.63) is 71.6 Å². The molecule has 0 amide bonds. The number of ketones is 1. The van der Waals surface area contributed by atoms with E-state index in [2.05, 4.69) is 88.4 Å². The Labute approximate surface area is 170 Å². The van der Waals surface area contributed by atoms with Crippen LogP contribution >= 0.6 is 0 Å². The fourth-order valence-corrected chi connectivity index (χ4v) is 11.0. The fraction of sp³-hybridized carbons (Fsp3) is 0.400. The number of Topliss-reactive ketones (excluding diaryl/α,β-unsaturated/α-hetero) is 1. The van der Waals surface area contributed by atoms with E-state index < -0.39 is 8.07 Å². The van der Waals surface area contributed by atoms with Crippen LogP contribution in [0.3, 0.4) is 0 Å². The van der Waals surface area contributed by atoms with Crippen molar-refractivity contribution in [3.8, 4) is 0 Å². The van der Waals surface area contributed by atoms with E-state index in [1.165, 1.54) is 15.6 Å². The van der Waals surface area contributed by atoms with E-state index in [0.717, 1.165) is 12.2 Å². The molecule has 0 N–H and O–H groups in total. The highest BCUT2D eigenvalue weighted by Crippen LogP contribution is 2.45. The average Bonchev–Trinajstić information content (AvgIpc) is 3.03. The Morgan fingerprint density at radius 3 is 1.93 bits per heavy atom. The van der Waals surface area contributed by atoms with Gasteiger partial charge < -0.3 is 4.74 Å². The summed E-state index contributed by atoms with van der Waals surface area (Å²) >= 11 is 0. The summed E-state index contributed by atoms with van der Waals surface area (Å²) < 4.78 is 6.28. The summed E-state index contributed by atoms with van der Waals surface area (Å²) in [6, 6.07) is 21.9. The second kappa shape index (κ2) is 8.08. The van der Waals surface area contributed by atoms with Crippen LogP contribution in [0.25, 0.3) is 0 Å². The highest BCUT2D eigenvalue weighted by atomic mass is 28.3. The molecule has 2 aromatic carbocycles. The van der Waals surface area contributed by atoms with Gasteiger partial charge in [0, 0.05) is 19.3 Å². The Morgan fingerprint density at radius 2 is 1.50 bits per heavy atom. The maximum absolute atomic E-state index is 12.1. The Morgan fingerprint density at radius 1 is 1.00 bits per heavy atom. The third kappa shape index (κ3) is 3.60. The third-order valence-electron chi connectivity index (χ3n) is 6.04. The first-order chi connectivity index (χ1) is 13.3. The smallest absolute Gasteiger partial charge is 0.153 e. The minimum Gasteiger partial charge on any atom is -0.495 e. The number of ether oxygens (including phenoxy) is 1. The first-order valence-electron chi connectivity index (χ1n) is 10.3. The third-order valence-corrected chi connectivity index (χ3v) is 12.2. The van der Waals surface area contributed by atoms with E-state index in [1.807, 2.05) is 6.92 Å². The molecule has 0 saturated carbocycles. The van der Waals surface area contributed by atoms with Gasteiger partial charge in [0.2, 0.25) is 0 Å². The molecule has 1 aliphatic rings. The van der Waals surface area contributed by atoms with Crippen LogP contribution in [0.1, 0.15) is 53.9 Å². The molecule has 0 aliphatic carbocycles. The minimum atomic E-state index is -2.34. The molecule has 0 bridgehead atoms. The first-order valence-corrected chi connectivity index (χ1v) is 12.3. The van der Waals surface area contributed by atoms with Crippen molar-refractivity contribution in [3.63, 3.8) is 0 Å². The molecule has 0 radical (unpaired) electrons. The molecule has 0 fully saturated rings. The largest absolute Gasteiger partial charge is 0.495 e. The fourth-order valence-electron chi connectivity index (χ4n) is 4.87. The van der Waals surface area contributed by atoms with Gasteiger partial charge in [0.1, 0.15) is 11.9 Å². The topological polar surface area (TPSA) is 26.3 Å². The van der Waals surface area contributed by atoms with Gasteiger partial charge in [-0.2, -0.15) is 0 Å². The lowest BCUT2D eigenvalue weighted by molar-refractivity contribution is -0.120. The Kier molecular flexibility index (Phi) is 5.94. The standard InChI is InChI=1S/C25H32O2Si/c1-6-20(26)17-21-18-24(19(2)27-21)28(25(3,4)5,22-13-9-7-10-14-22)23-15-11-8-12-16-23/h7-16,21H,6,17-18H2,1-5H3. The number of hydrogen-bond acceptors (Lipinski definition) is 2. The molecule has 0 spiro atoms. The van der Waals surface area contributed by atoms with Crippen LogP contribution < -0.4 is 10.4 Å². The molecule has 0 aromatic heterocycles. The van der Waals surface area contributed by atoms with Crippen molar-refractivity contribution < 1.29 is 9.53 Å². The number of benzene rings is 2. The summed E-state index contributed by atoms with van der Waals surface area (Å²) in [5, 5.41) is 4.31. The van der Waals surface area contributed by atoms with Gasteiger partial charge >= 0.3 is 0 Å². The van der Waals surface area contributed by atoms with E-state index in [9.17, 15) is 4.79 Å². The molecule has 1 unspecified atom stereocenters. The molecule has 148 valence electrons. The van der Waals surface area contributed by atoms with Gasteiger partial charge in [-0.3, -0.25) is 4.79 Å². The summed E-state index contributed by atoms with van der Waals surface area (Å²) in [6.45, 7) is 11.1. The molecular formula is C25H32O2Si. The van der Waals surface area contributed by atoms with Gasteiger partial charge in [0.25, 0.3) is 0 Å². The molecule has 28 heavy (non-hydrogen) atoms. The molecule has 2 aromatic rings. The predicted octanol–water partition coefficient (Wildman–Crippen LogP) is 5.02. The van der Waals surface area contributed by atoms with Gasteiger partial charge in [-0.25, -0.2) is 0 Å². The van der Waals surface area contributed by atoms with E-state index >= 15 is 0 Å². The molecule has 0 saturated heterocycles. The first kappa shape index (κ1) is 20.6. The molecular weight excluding hydrogens is 360 g/mol. The van der Waals surface area contributed by atoms with E-state index in [1.54, 1.807) is 0 Å². The Bertz CT molecular complexity index is 808. The number of rotatable bonds is 6. The summed E-state index contributed by atoms with van der Waals surface area (Å²) in [7, 11) is -2.34. The molecule has 1 heterocycles. The van der Waals surface area contributed by atoms with Crippen molar-refractivity contribution in [1.82, 2.24) is 0 Å². The SMILES string of the molecule is CCC(=O)CC1CC([Si](c2ccccc2)(c2ccccc2)C(C)(C)C)=C(C)O1. The summed E-state index contributed by atoms with van der Waals surface area (Å²) in [5.41, 5.74) is 0. The zero-order chi connectivity index (χ0) is 20.4. The number of allylic oxidation sites excluding steroid dienone is 1. The monoisotopic (exact) mass is 392 g/mol. The maximum Gasteiger partial charge on any atom is 0.153 e. The van der Waals surface area contributed by atoms with Crippen LogP contribution in [0.4, 0.5) is 0 Å². The van der Waals surface area contributed by atoms with Crippen molar-refractivity contribution in [2.45, 2.75) is 65.0 Å². The van der Waals surface area contributed by atoms with Crippen LogP contribution in [0, 0.1) is 0 Å². The van der Waals surface area contributed by atoms with Crippen LogP contribution in [0.2, 0.25) is 5.04 Å². The van der Waals surface area contributed by atoms with E-state index in [-0.39, 0.29) is 16.9 Å². The molecule has 3 heteroatoms. The molecule has 2 nitrogen and oxygen atoms in total. The number of carbonyl (C=O) groups excluding carboxylic acids is 1. The molecule has 1 atom stereocenters. The zero-order valence-electron chi connectivity index (χ0n) is 17.8. The van der Waals surface area contributed by atoms with E-state index in [0.29, 0.717) is 12.8 Å². The van der Waals surface area contributed by atoms with Gasteiger partial charge in [-0.1, -0.05) is 88.4 Å². The highest BCUT2D eigenvalue weighted by molar-refractivity contribution is 7.09. The van der Waals surface area contributed by atoms with Gasteiger partial charge in [-0.15, -0.1) is 0 Å². The summed E-state index contributed by atoms with van der Waals surface area (Å²) in [4.78, 5) is 12.1. The second-order valence-corrected chi connectivity index (χ2v) is 13.6. The number of carbonyl (C=O) groups is 1. The van der Waals surface area contributed by atoms with Crippen LogP contribution in [-0.4, -0.2) is 20.0 Å². The lowest BCUT2D eigenvalue weighted by Crippen LogP contribution is -2.66. The minimum absolute atomic E-state index is 0.0240. The molecule has 3 rings (SSSR count). The summed E-state index contributed by atoms with van der Waals surface area (Å²) in [6.07, 6.45) is 1.91. The maximum atomic E-state index is 12.1. The van der Waals surface area contributed by atoms with E-state index in [4.69, 9.17) is 4.74 Å². The van der Waals surface area contributed by atoms with Gasteiger partial charge in [-0.05, 0) is 27.5 Å². The highest BCUT2D eigenvalue weighted by Gasteiger charge is 2.53. The van der Waals surface area contributed by atoms with Crippen molar-refractivity contribution in [2.24, 2.45) is 0 Å². The summed E-state index contributed by atoms with van der Waals surface area (Å²) in [5.74, 6) is 1.31. The zero-order valence-corrected chi connectivity index (χ0v) is 18.8. The Balaban J connectivity index is 2.20. The molecule has 1 aliphatic heterocycles. The quantitative estimate of drug-likeness (QED) is 0.645. The van der Waals surface area contributed by atoms with Gasteiger partial charge in [0.15, 0.2) is 8.07 Å². The second-order valence-electron chi connectivity index (χ2n) is 8.81. The van der Waals surface area contributed by atoms with Gasteiger partial charge in [0.05, 0.1) is 5.76 Å². The number of hydrogen-bond donors (Lipinski definition) is 0. The van der Waals surface area contributed by atoms with Crippen molar-refractivity contribution >= 4 is 24.2 Å². The van der Waals surface area contributed by atoms with Crippen molar-refractivity contribution in [2.75, 3.05) is 0 Å². The van der Waals surface area contributed by atoms with Crippen LogP contribution in [0.15, 0.2) is 71.6 Å². The van der Waals surface area contributed by atoms with Crippen LogP contribution in [0.5, 0.6) is 0 Å². The lowest BCUT2D eigenvalue weighted by Gasteiger charge is -2.45. The Hall–Kier alpha value is -2.13.